The van der Waals surface area contributed by atoms with Crippen LogP contribution >= 0.6 is 0 Å². The summed E-state index contributed by atoms with van der Waals surface area (Å²) < 4.78 is 5.30. The number of hydrogen-bond acceptors (Lipinski definition) is 3. The molecule has 0 aliphatic heterocycles. The van der Waals surface area contributed by atoms with Crippen molar-refractivity contribution in [1.82, 2.24) is 5.32 Å². The molecule has 0 radical (unpaired) electrons. The van der Waals surface area contributed by atoms with Gasteiger partial charge in [0, 0.05) is 6.04 Å². The third kappa shape index (κ3) is 5.53. The minimum atomic E-state index is -0.379. The van der Waals surface area contributed by atoms with Crippen molar-refractivity contribution in [2.75, 3.05) is 6.54 Å². The highest BCUT2D eigenvalue weighted by molar-refractivity contribution is 5.72. The molecule has 0 saturated heterocycles. The molecule has 0 amide bonds. The van der Waals surface area contributed by atoms with Gasteiger partial charge < -0.3 is 10.1 Å². The zero-order valence-electron chi connectivity index (χ0n) is 11.7. The quantitative estimate of drug-likeness (QED) is 0.769. The maximum absolute atomic E-state index is 11.6. The SMILES string of the molecule is CCC1CCCCC1NCC(=O)OC(C)(C)C. The second-order valence-corrected chi connectivity index (χ2v) is 6.03. The highest BCUT2D eigenvalue weighted by atomic mass is 16.6. The van der Waals surface area contributed by atoms with Crippen LogP contribution in [0.3, 0.4) is 0 Å². The number of carbonyl (C=O) groups is 1. The Labute approximate surface area is 105 Å². The Morgan fingerprint density at radius 2 is 1.94 bits per heavy atom. The van der Waals surface area contributed by atoms with Crippen LogP contribution in [-0.4, -0.2) is 24.2 Å². The van der Waals surface area contributed by atoms with E-state index in [0.717, 1.165) is 5.92 Å². The molecular formula is C14H27NO2. The molecule has 2 atom stereocenters. The van der Waals surface area contributed by atoms with E-state index < -0.39 is 0 Å². The first-order valence-corrected chi connectivity index (χ1v) is 6.87. The van der Waals surface area contributed by atoms with Gasteiger partial charge >= 0.3 is 5.97 Å². The summed E-state index contributed by atoms with van der Waals surface area (Å²) in [5, 5.41) is 3.37. The number of hydrogen-bond donors (Lipinski definition) is 1. The van der Waals surface area contributed by atoms with Gasteiger partial charge in [-0.1, -0.05) is 26.2 Å². The first-order chi connectivity index (χ1) is 7.92. The van der Waals surface area contributed by atoms with Crippen LogP contribution in [0.5, 0.6) is 0 Å². The summed E-state index contributed by atoms with van der Waals surface area (Å²) in [6.45, 7) is 8.29. The molecule has 1 aliphatic rings. The summed E-state index contributed by atoms with van der Waals surface area (Å²) in [6, 6.07) is 0.501. The van der Waals surface area contributed by atoms with Crippen LogP contribution in [0.1, 0.15) is 59.8 Å². The molecule has 1 rings (SSSR count). The normalized spacial score (nSPS) is 25.6. The Bertz CT molecular complexity index is 245. The van der Waals surface area contributed by atoms with E-state index >= 15 is 0 Å². The van der Waals surface area contributed by atoms with Crippen LogP contribution in [0.15, 0.2) is 0 Å². The van der Waals surface area contributed by atoms with Crippen molar-refractivity contribution in [3.05, 3.63) is 0 Å². The molecule has 2 unspecified atom stereocenters. The van der Waals surface area contributed by atoms with Crippen molar-refractivity contribution >= 4 is 5.97 Å². The average molecular weight is 241 g/mol. The second kappa shape index (κ2) is 6.39. The lowest BCUT2D eigenvalue weighted by Crippen LogP contribution is -2.42. The summed E-state index contributed by atoms with van der Waals surface area (Å²) >= 11 is 0. The molecule has 0 aromatic carbocycles. The minimum absolute atomic E-state index is 0.141. The summed E-state index contributed by atoms with van der Waals surface area (Å²) in [5.41, 5.74) is -0.379. The van der Waals surface area contributed by atoms with E-state index in [1.165, 1.54) is 32.1 Å². The van der Waals surface area contributed by atoms with E-state index in [-0.39, 0.29) is 11.6 Å². The molecule has 0 aromatic rings. The fourth-order valence-electron chi connectivity index (χ4n) is 2.56. The molecule has 1 fully saturated rings. The Kier molecular flexibility index (Phi) is 5.44. The Balaban J connectivity index is 2.31. The smallest absolute Gasteiger partial charge is 0.320 e. The van der Waals surface area contributed by atoms with Gasteiger partial charge in [0.15, 0.2) is 0 Å². The fourth-order valence-corrected chi connectivity index (χ4v) is 2.56. The van der Waals surface area contributed by atoms with Gasteiger partial charge in [-0.05, 0) is 39.5 Å². The van der Waals surface area contributed by atoms with Gasteiger partial charge in [0.1, 0.15) is 5.60 Å². The van der Waals surface area contributed by atoms with Crippen LogP contribution in [0.2, 0.25) is 0 Å². The monoisotopic (exact) mass is 241 g/mol. The van der Waals surface area contributed by atoms with Gasteiger partial charge in [-0.25, -0.2) is 0 Å². The fraction of sp³-hybridized carbons (Fsp3) is 0.929. The topological polar surface area (TPSA) is 38.3 Å². The van der Waals surface area contributed by atoms with E-state index in [0.29, 0.717) is 12.6 Å². The highest BCUT2D eigenvalue weighted by Gasteiger charge is 2.24. The van der Waals surface area contributed by atoms with Crippen LogP contribution in [0.25, 0.3) is 0 Å². The summed E-state index contributed by atoms with van der Waals surface area (Å²) in [7, 11) is 0. The van der Waals surface area contributed by atoms with E-state index in [1.807, 2.05) is 20.8 Å². The van der Waals surface area contributed by atoms with Crippen molar-refractivity contribution in [2.24, 2.45) is 5.92 Å². The molecule has 0 spiro atoms. The summed E-state index contributed by atoms with van der Waals surface area (Å²) in [4.78, 5) is 11.6. The highest BCUT2D eigenvalue weighted by Crippen LogP contribution is 2.26. The summed E-state index contributed by atoms with van der Waals surface area (Å²) in [5.74, 6) is 0.587. The molecule has 3 nitrogen and oxygen atoms in total. The Hall–Kier alpha value is -0.570. The first kappa shape index (κ1) is 14.5. The average Bonchev–Trinajstić information content (AvgIpc) is 2.24. The first-order valence-electron chi connectivity index (χ1n) is 6.87. The van der Waals surface area contributed by atoms with Crippen LogP contribution in [-0.2, 0) is 9.53 Å². The van der Waals surface area contributed by atoms with Crippen molar-refractivity contribution < 1.29 is 9.53 Å². The van der Waals surface area contributed by atoms with E-state index in [2.05, 4.69) is 12.2 Å². The van der Waals surface area contributed by atoms with Crippen LogP contribution < -0.4 is 5.32 Å². The van der Waals surface area contributed by atoms with Crippen molar-refractivity contribution in [3.63, 3.8) is 0 Å². The molecular weight excluding hydrogens is 214 g/mol. The zero-order chi connectivity index (χ0) is 12.9. The Morgan fingerprint density at radius 3 is 2.53 bits per heavy atom. The lowest BCUT2D eigenvalue weighted by Gasteiger charge is -2.31. The largest absolute Gasteiger partial charge is 0.459 e. The van der Waals surface area contributed by atoms with Crippen LogP contribution in [0, 0.1) is 5.92 Å². The molecule has 1 aliphatic carbocycles. The maximum atomic E-state index is 11.6. The second-order valence-electron chi connectivity index (χ2n) is 6.03. The van der Waals surface area contributed by atoms with E-state index in [1.54, 1.807) is 0 Å². The lowest BCUT2D eigenvalue weighted by molar-refractivity contribution is -0.153. The van der Waals surface area contributed by atoms with Crippen molar-refractivity contribution in [2.45, 2.75) is 71.4 Å². The Morgan fingerprint density at radius 1 is 1.29 bits per heavy atom. The van der Waals surface area contributed by atoms with Gasteiger partial charge in [-0.3, -0.25) is 4.79 Å². The maximum Gasteiger partial charge on any atom is 0.320 e. The lowest BCUT2D eigenvalue weighted by atomic mass is 9.83. The summed E-state index contributed by atoms with van der Waals surface area (Å²) in [6.07, 6.45) is 6.31. The predicted octanol–water partition coefficient (Wildman–Crippen LogP) is 2.89. The molecule has 1 N–H and O–H groups in total. The third-order valence-corrected chi connectivity index (χ3v) is 3.36. The molecule has 0 aromatic heterocycles. The van der Waals surface area contributed by atoms with Gasteiger partial charge in [-0.15, -0.1) is 0 Å². The zero-order valence-corrected chi connectivity index (χ0v) is 11.7. The van der Waals surface area contributed by atoms with Gasteiger partial charge in [-0.2, -0.15) is 0 Å². The number of nitrogens with one attached hydrogen (secondary N) is 1. The predicted molar refractivity (Wildman–Crippen MR) is 69.9 cm³/mol. The minimum Gasteiger partial charge on any atom is -0.459 e. The molecule has 1 saturated carbocycles. The van der Waals surface area contributed by atoms with Crippen LogP contribution in [0.4, 0.5) is 0 Å². The number of rotatable bonds is 4. The molecule has 0 heterocycles. The van der Waals surface area contributed by atoms with E-state index in [4.69, 9.17) is 4.74 Å². The molecule has 0 bridgehead atoms. The third-order valence-electron chi connectivity index (χ3n) is 3.36. The molecule has 3 heteroatoms. The van der Waals surface area contributed by atoms with Crippen molar-refractivity contribution in [3.8, 4) is 0 Å². The molecule has 17 heavy (non-hydrogen) atoms. The van der Waals surface area contributed by atoms with E-state index in [9.17, 15) is 4.79 Å². The standard InChI is InChI=1S/C14H27NO2/c1-5-11-8-6-7-9-12(11)15-10-13(16)17-14(2,3)4/h11-12,15H,5-10H2,1-4H3. The number of carbonyl (C=O) groups excluding carboxylic acids is 1. The number of esters is 1. The molecule has 100 valence electrons. The number of ether oxygens (including phenoxy) is 1. The van der Waals surface area contributed by atoms with Gasteiger partial charge in [0.05, 0.1) is 6.54 Å². The van der Waals surface area contributed by atoms with Gasteiger partial charge in [0.25, 0.3) is 0 Å². The van der Waals surface area contributed by atoms with Gasteiger partial charge in [0.2, 0.25) is 0 Å². The van der Waals surface area contributed by atoms with Crippen molar-refractivity contribution in [1.29, 1.82) is 0 Å².